The number of hydrogen-bond donors (Lipinski definition) is 3. The molecule has 0 aromatic heterocycles. The van der Waals surface area contributed by atoms with Gasteiger partial charge in [0, 0.05) is 18.1 Å². The molecule has 18 heavy (non-hydrogen) atoms. The van der Waals surface area contributed by atoms with E-state index >= 15 is 0 Å². The molecular formula is C13H27N3O2. The highest BCUT2D eigenvalue weighted by Crippen LogP contribution is 2.17. The van der Waals surface area contributed by atoms with Gasteiger partial charge in [0.2, 0.25) is 0 Å². The van der Waals surface area contributed by atoms with Crippen LogP contribution in [0.5, 0.6) is 0 Å². The fourth-order valence-electron chi connectivity index (χ4n) is 1.91. The Bertz CT molecular complexity index is 270. The van der Waals surface area contributed by atoms with Gasteiger partial charge in [-0.2, -0.15) is 0 Å². The zero-order valence-electron chi connectivity index (χ0n) is 12.0. The van der Waals surface area contributed by atoms with Crippen LogP contribution in [0.4, 0.5) is 4.79 Å². The second-order valence-electron chi connectivity index (χ2n) is 6.22. The molecule has 1 aliphatic rings. The summed E-state index contributed by atoms with van der Waals surface area (Å²) in [4.78, 5) is 11.5. The summed E-state index contributed by atoms with van der Waals surface area (Å²) in [5.74, 6) is 0. The first-order valence-corrected chi connectivity index (χ1v) is 6.75. The molecule has 0 aromatic carbocycles. The number of carbonyl (C=O) groups is 1. The van der Waals surface area contributed by atoms with E-state index in [-0.39, 0.29) is 12.1 Å². The Hall–Kier alpha value is -0.810. The summed E-state index contributed by atoms with van der Waals surface area (Å²) >= 11 is 0. The monoisotopic (exact) mass is 257 g/mol. The summed E-state index contributed by atoms with van der Waals surface area (Å²) in [5, 5.41) is 6.26. The van der Waals surface area contributed by atoms with Gasteiger partial charge in [0.25, 0.3) is 0 Å². The lowest BCUT2D eigenvalue weighted by Crippen LogP contribution is -2.49. The molecule has 1 saturated carbocycles. The topological polar surface area (TPSA) is 76.4 Å². The molecule has 5 nitrogen and oxygen atoms in total. The van der Waals surface area contributed by atoms with Gasteiger partial charge in [0.05, 0.1) is 0 Å². The van der Waals surface area contributed by atoms with Crippen molar-refractivity contribution in [3.63, 3.8) is 0 Å². The number of alkyl carbamates (subject to hydrolysis) is 1. The van der Waals surface area contributed by atoms with Crippen LogP contribution in [0.25, 0.3) is 0 Å². The van der Waals surface area contributed by atoms with Gasteiger partial charge in [-0.3, -0.25) is 0 Å². The number of amides is 1. The van der Waals surface area contributed by atoms with E-state index in [9.17, 15) is 4.79 Å². The van der Waals surface area contributed by atoms with Crippen LogP contribution in [-0.4, -0.2) is 36.4 Å². The van der Waals surface area contributed by atoms with Crippen molar-refractivity contribution in [1.82, 2.24) is 10.6 Å². The lowest BCUT2D eigenvalue weighted by molar-refractivity contribution is 0.0506. The molecule has 0 spiro atoms. The minimum atomic E-state index is -0.440. The Morgan fingerprint density at radius 2 is 2.06 bits per heavy atom. The van der Waals surface area contributed by atoms with Gasteiger partial charge in [-0.1, -0.05) is 0 Å². The zero-order valence-corrected chi connectivity index (χ0v) is 12.0. The molecule has 106 valence electrons. The maximum Gasteiger partial charge on any atom is 0.407 e. The molecule has 4 N–H and O–H groups in total. The molecule has 5 heteroatoms. The van der Waals surface area contributed by atoms with Gasteiger partial charge < -0.3 is 21.1 Å². The quantitative estimate of drug-likeness (QED) is 0.695. The molecule has 1 atom stereocenters. The van der Waals surface area contributed by atoms with E-state index in [1.54, 1.807) is 0 Å². The molecular weight excluding hydrogens is 230 g/mol. The molecule has 0 aliphatic heterocycles. The summed E-state index contributed by atoms with van der Waals surface area (Å²) in [6, 6.07) is 1.05. The predicted octanol–water partition coefficient (Wildman–Crippen LogP) is 1.37. The van der Waals surface area contributed by atoms with Gasteiger partial charge in [-0.05, 0) is 53.5 Å². The van der Waals surface area contributed by atoms with Gasteiger partial charge in [0.1, 0.15) is 5.60 Å². The fourth-order valence-corrected chi connectivity index (χ4v) is 1.91. The van der Waals surface area contributed by atoms with E-state index in [0.29, 0.717) is 12.1 Å². The zero-order chi connectivity index (χ0) is 13.8. The van der Waals surface area contributed by atoms with Gasteiger partial charge in [-0.25, -0.2) is 4.79 Å². The third-order valence-electron chi connectivity index (χ3n) is 2.95. The van der Waals surface area contributed by atoms with Crippen molar-refractivity contribution in [2.75, 3.05) is 6.54 Å². The Kier molecular flexibility index (Phi) is 5.41. The molecule has 0 saturated heterocycles. The molecule has 1 rings (SSSR count). The highest BCUT2D eigenvalue weighted by molar-refractivity contribution is 5.67. The molecule has 0 heterocycles. The molecule has 0 bridgehead atoms. The Morgan fingerprint density at radius 3 is 2.56 bits per heavy atom. The van der Waals surface area contributed by atoms with Crippen molar-refractivity contribution >= 4 is 6.09 Å². The van der Waals surface area contributed by atoms with Crippen molar-refractivity contribution < 1.29 is 9.53 Å². The first-order valence-electron chi connectivity index (χ1n) is 6.75. The highest BCUT2D eigenvalue weighted by atomic mass is 16.6. The second kappa shape index (κ2) is 6.38. The average Bonchev–Trinajstić information content (AvgIpc) is 2.11. The lowest BCUT2D eigenvalue weighted by atomic mass is 9.87. The standard InChI is InChI=1S/C13H27N3O2/c1-9(16-12(17)18-13(2,3)4)5-6-15-11-7-10(14)8-11/h9-11,15H,5-8,14H2,1-4H3,(H,16,17). The van der Waals surface area contributed by atoms with E-state index in [2.05, 4.69) is 10.6 Å². The minimum Gasteiger partial charge on any atom is -0.444 e. The van der Waals surface area contributed by atoms with Crippen molar-refractivity contribution in [2.24, 2.45) is 5.73 Å². The summed E-state index contributed by atoms with van der Waals surface area (Å²) in [7, 11) is 0. The van der Waals surface area contributed by atoms with E-state index < -0.39 is 5.60 Å². The smallest absolute Gasteiger partial charge is 0.407 e. The van der Waals surface area contributed by atoms with Crippen LogP contribution < -0.4 is 16.4 Å². The van der Waals surface area contributed by atoms with Crippen molar-refractivity contribution in [1.29, 1.82) is 0 Å². The van der Waals surface area contributed by atoms with Crippen LogP contribution in [-0.2, 0) is 4.74 Å². The molecule has 1 unspecified atom stereocenters. The highest BCUT2D eigenvalue weighted by Gasteiger charge is 2.25. The van der Waals surface area contributed by atoms with Crippen LogP contribution in [0.15, 0.2) is 0 Å². The Labute approximate surface area is 110 Å². The second-order valence-corrected chi connectivity index (χ2v) is 6.22. The number of nitrogens with two attached hydrogens (primary N) is 1. The molecule has 1 amide bonds. The van der Waals surface area contributed by atoms with E-state index in [0.717, 1.165) is 25.8 Å². The third-order valence-corrected chi connectivity index (χ3v) is 2.95. The number of hydrogen-bond acceptors (Lipinski definition) is 4. The minimum absolute atomic E-state index is 0.112. The average molecular weight is 257 g/mol. The Morgan fingerprint density at radius 1 is 1.44 bits per heavy atom. The summed E-state index contributed by atoms with van der Waals surface area (Å²) < 4.78 is 5.20. The van der Waals surface area contributed by atoms with Crippen LogP contribution in [0, 0.1) is 0 Å². The maximum absolute atomic E-state index is 11.5. The van der Waals surface area contributed by atoms with Crippen LogP contribution >= 0.6 is 0 Å². The SMILES string of the molecule is CC(CCNC1CC(N)C1)NC(=O)OC(C)(C)C. The van der Waals surface area contributed by atoms with E-state index in [1.807, 2.05) is 27.7 Å². The predicted molar refractivity (Wildman–Crippen MR) is 72.4 cm³/mol. The third kappa shape index (κ3) is 6.21. The van der Waals surface area contributed by atoms with Crippen molar-refractivity contribution in [2.45, 2.75) is 70.7 Å². The van der Waals surface area contributed by atoms with Gasteiger partial charge >= 0.3 is 6.09 Å². The molecule has 1 aliphatic carbocycles. The van der Waals surface area contributed by atoms with E-state index in [1.165, 1.54) is 0 Å². The van der Waals surface area contributed by atoms with Crippen LogP contribution in [0.1, 0.15) is 47.0 Å². The van der Waals surface area contributed by atoms with Crippen molar-refractivity contribution in [3.8, 4) is 0 Å². The number of carbonyl (C=O) groups excluding carboxylic acids is 1. The number of nitrogens with one attached hydrogen (secondary N) is 2. The molecule has 1 fully saturated rings. The van der Waals surface area contributed by atoms with E-state index in [4.69, 9.17) is 10.5 Å². The first-order chi connectivity index (χ1) is 8.26. The van der Waals surface area contributed by atoms with Crippen LogP contribution in [0.2, 0.25) is 0 Å². The Balaban J connectivity index is 2.06. The lowest BCUT2D eigenvalue weighted by Gasteiger charge is -2.33. The summed E-state index contributed by atoms with van der Waals surface area (Å²) in [6.07, 6.45) is 2.67. The number of ether oxygens (including phenoxy) is 1. The largest absolute Gasteiger partial charge is 0.444 e. The number of rotatable bonds is 5. The normalized spacial score (nSPS) is 25.2. The summed E-state index contributed by atoms with van der Waals surface area (Å²) in [5.41, 5.74) is 5.27. The fraction of sp³-hybridized carbons (Fsp3) is 0.923. The summed E-state index contributed by atoms with van der Waals surface area (Å²) in [6.45, 7) is 8.46. The van der Waals surface area contributed by atoms with Gasteiger partial charge in [-0.15, -0.1) is 0 Å². The van der Waals surface area contributed by atoms with Crippen LogP contribution in [0.3, 0.4) is 0 Å². The maximum atomic E-state index is 11.5. The first kappa shape index (κ1) is 15.2. The molecule has 0 radical (unpaired) electrons. The van der Waals surface area contributed by atoms with Crippen molar-refractivity contribution in [3.05, 3.63) is 0 Å². The van der Waals surface area contributed by atoms with Gasteiger partial charge in [0.15, 0.2) is 0 Å². The molecule has 0 aromatic rings.